The van der Waals surface area contributed by atoms with Gasteiger partial charge < -0.3 is 20.3 Å². The van der Waals surface area contributed by atoms with E-state index in [1.54, 1.807) is 69.7 Å². The number of rotatable bonds is 6. The number of anilines is 1. The molecule has 0 aliphatic carbocycles. The number of hydrogen-bond acceptors (Lipinski definition) is 4. The van der Waals surface area contributed by atoms with Crippen LogP contribution >= 0.6 is 0 Å². The Bertz CT molecular complexity index is 801. The molecule has 7 heteroatoms. The van der Waals surface area contributed by atoms with Crippen LogP contribution in [-0.2, 0) is 4.79 Å². The minimum Gasteiger partial charge on any atom is -0.484 e. The van der Waals surface area contributed by atoms with Crippen LogP contribution in [0.3, 0.4) is 0 Å². The molecule has 136 valence electrons. The summed E-state index contributed by atoms with van der Waals surface area (Å²) in [4.78, 5) is 36.9. The molecule has 7 nitrogen and oxygen atoms in total. The summed E-state index contributed by atoms with van der Waals surface area (Å²) < 4.78 is 5.42. The maximum absolute atomic E-state index is 12.0. The lowest BCUT2D eigenvalue weighted by atomic mass is 10.2. The van der Waals surface area contributed by atoms with Crippen LogP contribution < -0.4 is 15.4 Å². The highest BCUT2D eigenvalue weighted by atomic mass is 16.5. The Hall–Kier alpha value is -3.35. The van der Waals surface area contributed by atoms with Crippen molar-refractivity contribution in [3.05, 3.63) is 59.7 Å². The molecule has 0 radical (unpaired) electrons. The molecular formula is C19H21N3O4. The van der Waals surface area contributed by atoms with Crippen LogP contribution in [0.1, 0.15) is 20.7 Å². The molecule has 0 saturated heterocycles. The van der Waals surface area contributed by atoms with Gasteiger partial charge in [-0.05, 0) is 42.5 Å². The van der Waals surface area contributed by atoms with E-state index in [0.29, 0.717) is 22.6 Å². The van der Waals surface area contributed by atoms with Crippen molar-refractivity contribution in [1.29, 1.82) is 0 Å². The second-order valence-corrected chi connectivity index (χ2v) is 5.72. The third-order valence-corrected chi connectivity index (χ3v) is 3.52. The maximum atomic E-state index is 12.0. The average Bonchev–Trinajstić information content (AvgIpc) is 2.66. The first-order valence-electron chi connectivity index (χ1n) is 7.97. The molecule has 0 unspecified atom stereocenters. The molecule has 0 atom stereocenters. The highest BCUT2D eigenvalue weighted by molar-refractivity contribution is 5.96. The summed E-state index contributed by atoms with van der Waals surface area (Å²) in [5.41, 5.74) is 1.55. The highest BCUT2D eigenvalue weighted by Gasteiger charge is 2.09. The molecule has 0 aliphatic heterocycles. The Morgan fingerprint density at radius 3 is 2.31 bits per heavy atom. The molecule has 0 spiro atoms. The predicted molar refractivity (Wildman–Crippen MR) is 98.4 cm³/mol. The lowest BCUT2D eigenvalue weighted by molar-refractivity contribution is -0.118. The number of amides is 3. The van der Waals surface area contributed by atoms with E-state index in [2.05, 4.69) is 10.6 Å². The number of hydrogen-bond donors (Lipinski definition) is 2. The van der Waals surface area contributed by atoms with Gasteiger partial charge in [0.05, 0.1) is 0 Å². The molecule has 2 aromatic carbocycles. The van der Waals surface area contributed by atoms with Gasteiger partial charge in [0.25, 0.3) is 17.7 Å². The fourth-order valence-corrected chi connectivity index (χ4v) is 2.17. The molecule has 0 heterocycles. The molecule has 0 fully saturated rings. The van der Waals surface area contributed by atoms with Crippen LogP contribution in [0.15, 0.2) is 48.5 Å². The van der Waals surface area contributed by atoms with E-state index >= 15 is 0 Å². The van der Waals surface area contributed by atoms with Gasteiger partial charge in [-0.15, -0.1) is 0 Å². The van der Waals surface area contributed by atoms with E-state index in [-0.39, 0.29) is 24.3 Å². The fraction of sp³-hybridized carbons (Fsp3) is 0.211. The Morgan fingerprint density at radius 1 is 1.00 bits per heavy atom. The average molecular weight is 355 g/mol. The van der Waals surface area contributed by atoms with E-state index in [1.807, 2.05) is 0 Å². The van der Waals surface area contributed by atoms with Gasteiger partial charge in [0.2, 0.25) is 0 Å². The summed E-state index contributed by atoms with van der Waals surface area (Å²) in [7, 11) is 4.89. The largest absolute Gasteiger partial charge is 0.484 e. The Balaban J connectivity index is 1.91. The zero-order valence-corrected chi connectivity index (χ0v) is 14.9. The molecule has 2 rings (SSSR count). The van der Waals surface area contributed by atoms with Crippen LogP contribution in [0.25, 0.3) is 0 Å². The summed E-state index contributed by atoms with van der Waals surface area (Å²) in [5.74, 6) is -0.260. The monoisotopic (exact) mass is 355 g/mol. The standard InChI is InChI=1S/C19H21N3O4/c1-20-18(24)14-5-4-6-16(11-14)26-12-17(23)21-15-9-7-13(8-10-15)19(25)22(2)3/h4-11H,12H2,1-3H3,(H,20,24)(H,21,23). The SMILES string of the molecule is CNC(=O)c1cccc(OCC(=O)Nc2ccc(C(=O)N(C)C)cc2)c1. The smallest absolute Gasteiger partial charge is 0.262 e. The zero-order valence-electron chi connectivity index (χ0n) is 14.9. The van der Waals surface area contributed by atoms with Gasteiger partial charge in [-0.25, -0.2) is 0 Å². The van der Waals surface area contributed by atoms with Crippen molar-refractivity contribution < 1.29 is 19.1 Å². The van der Waals surface area contributed by atoms with E-state index < -0.39 is 0 Å². The number of carbonyl (C=O) groups is 3. The minimum absolute atomic E-state index is 0.109. The zero-order chi connectivity index (χ0) is 19.1. The Kier molecular flexibility index (Phi) is 6.32. The summed E-state index contributed by atoms with van der Waals surface area (Å²) in [6.45, 7) is -0.199. The van der Waals surface area contributed by atoms with Gasteiger partial charge in [-0.2, -0.15) is 0 Å². The third kappa shape index (κ3) is 5.07. The molecule has 2 N–H and O–H groups in total. The second kappa shape index (κ2) is 8.66. The summed E-state index contributed by atoms with van der Waals surface area (Å²) in [5, 5.41) is 5.21. The summed E-state index contributed by atoms with van der Waals surface area (Å²) >= 11 is 0. The molecule has 26 heavy (non-hydrogen) atoms. The fourth-order valence-electron chi connectivity index (χ4n) is 2.17. The van der Waals surface area contributed by atoms with Crippen LogP contribution in [0, 0.1) is 0 Å². The number of nitrogens with zero attached hydrogens (tertiary/aromatic N) is 1. The molecule has 2 aromatic rings. The van der Waals surface area contributed by atoms with Crippen molar-refractivity contribution in [2.75, 3.05) is 33.1 Å². The van der Waals surface area contributed by atoms with Crippen molar-refractivity contribution in [3.63, 3.8) is 0 Å². The van der Waals surface area contributed by atoms with Gasteiger partial charge in [0.15, 0.2) is 6.61 Å². The van der Waals surface area contributed by atoms with Gasteiger partial charge in [-0.3, -0.25) is 14.4 Å². The topological polar surface area (TPSA) is 87.7 Å². The van der Waals surface area contributed by atoms with Crippen molar-refractivity contribution in [3.8, 4) is 5.75 Å². The van der Waals surface area contributed by atoms with Crippen LogP contribution in [-0.4, -0.2) is 50.4 Å². The van der Waals surface area contributed by atoms with Gasteiger partial charge in [0, 0.05) is 38.0 Å². The van der Waals surface area contributed by atoms with Crippen LogP contribution in [0.2, 0.25) is 0 Å². The van der Waals surface area contributed by atoms with Gasteiger partial charge >= 0.3 is 0 Å². The Labute approximate surface area is 152 Å². The van der Waals surface area contributed by atoms with Gasteiger partial charge in [-0.1, -0.05) is 6.07 Å². The lowest BCUT2D eigenvalue weighted by Gasteiger charge is -2.11. The third-order valence-electron chi connectivity index (χ3n) is 3.52. The van der Waals surface area contributed by atoms with E-state index in [1.165, 1.54) is 4.90 Å². The number of carbonyl (C=O) groups excluding carboxylic acids is 3. The van der Waals surface area contributed by atoms with E-state index in [0.717, 1.165) is 0 Å². The molecular weight excluding hydrogens is 334 g/mol. The quantitative estimate of drug-likeness (QED) is 0.827. The van der Waals surface area contributed by atoms with Crippen molar-refractivity contribution >= 4 is 23.4 Å². The van der Waals surface area contributed by atoms with Crippen molar-refractivity contribution in [2.45, 2.75) is 0 Å². The summed E-state index contributed by atoms with van der Waals surface area (Å²) in [6, 6.07) is 13.2. The molecule has 0 bridgehead atoms. The second-order valence-electron chi connectivity index (χ2n) is 5.72. The number of nitrogens with one attached hydrogen (secondary N) is 2. The van der Waals surface area contributed by atoms with Crippen molar-refractivity contribution in [2.24, 2.45) is 0 Å². The lowest BCUT2D eigenvalue weighted by Crippen LogP contribution is -2.22. The number of benzene rings is 2. The first-order valence-corrected chi connectivity index (χ1v) is 7.97. The summed E-state index contributed by atoms with van der Waals surface area (Å²) in [6.07, 6.45) is 0. The predicted octanol–water partition coefficient (Wildman–Crippen LogP) is 1.77. The van der Waals surface area contributed by atoms with E-state index in [4.69, 9.17) is 4.74 Å². The first kappa shape index (κ1) is 19.0. The molecule has 3 amide bonds. The minimum atomic E-state index is -0.345. The highest BCUT2D eigenvalue weighted by Crippen LogP contribution is 2.14. The molecule has 0 saturated carbocycles. The van der Waals surface area contributed by atoms with E-state index in [9.17, 15) is 14.4 Å². The molecule has 0 aromatic heterocycles. The maximum Gasteiger partial charge on any atom is 0.262 e. The van der Waals surface area contributed by atoms with Gasteiger partial charge in [0.1, 0.15) is 5.75 Å². The molecule has 0 aliphatic rings. The van der Waals surface area contributed by atoms with Crippen LogP contribution in [0.5, 0.6) is 5.75 Å². The van der Waals surface area contributed by atoms with Crippen LogP contribution in [0.4, 0.5) is 5.69 Å². The normalized spacial score (nSPS) is 9.96. The Morgan fingerprint density at radius 2 is 1.69 bits per heavy atom. The van der Waals surface area contributed by atoms with Crippen molar-refractivity contribution in [1.82, 2.24) is 10.2 Å². The first-order chi connectivity index (χ1) is 12.4. The number of ether oxygens (including phenoxy) is 1.